The minimum atomic E-state index is 0.110. The number of rotatable bonds is 2. The Balaban J connectivity index is 2.88. The SMILES string of the molecule is CCn1cc(C(C)=O)c2c(Br)cccc21. The Kier molecular flexibility index (Phi) is 2.65. The first-order valence-electron chi connectivity index (χ1n) is 4.93. The van der Waals surface area contributed by atoms with Crippen LogP contribution in [0.2, 0.25) is 0 Å². The number of Topliss-reactive ketones (excluding diaryl/α,β-unsaturated/α-hetero) is 1. The van der Waals surface area contributed by atoms with Gasteiger partial charge in [0.15, 0.2) is 5.78 Å². The van der Waals surface area contributed by atoms with E-state index in [0.29, 0.717) is 0 Å². The van der Waals surface area contributed by atoms with Crippen LogP contribution in [-0.4, -0.2) is 10.4 Å². The second-order valence-corrected chi connectivity index (χ2v) is 4.37. The normalized spacial score (nSPS) is 10.9. The van der Waals surface area contributed by atoms with Crippen molar-refractivity contribution < 1.29 is 4.79 Å². The largest absolute Gasteiger partial charge is 0.347 e. The van der Waals surface area contributed by atoms with E-state index < -0.39 is 0 Å². The Morgan fingerprint density at radius 1 is 1.47 bits per heavy atom. The third-order valence-electron chi connectivity index (χ3n) is 2.58. The highest BCUT2D eigenvalue weighted by Crippen LogP contribution is 2.29. The van der Waals surface area contributed by atoms with Gasteiger partial charge < -0.3 is 4.57 Å². The number of carbonyl (C=O) groups excluding carboxylic acids is 1. The fourth-order valence-corrected chi connectivity index (χ4v) is 2.41. The van der Waals surface area contributed by atoms with Crippen molar-refractivity contribution >= 4 is 32.6 Å². The van der Waals surface area contributed by atoms with E-state index in [0.717, 1.165) is 27.5 Å². The van der Waals surface area contributed by atoms with Gasteiger partial charge in [-0.15, -0.1) is 0 Å². The molecule has 0 saturated carbocycles. The zero-order valence-corrected chi connectivity index (χ0v) is 10.3. The van der Waals surface area contributed by atoms with E-state index >= 15 is 0 Å². The van der Waals surface area contributed by atoms with Gasteiger partial charge in [-0.3, -0.25) is 4.79 Å². The smallest absolute Gasteiger partial charge is 0.161 e. The fraction of sp³-hybridized carbons (Fsp3) is 0.250. The highest BCUT2D eigenvalue weighted by Gasteiger charge is 2.13. The van der Waals surface area contributed by atoms with Gasteiger partial charge in [0.25, 0.3) is 0 Å². The molecule has 0 bridgehead atoms. The Hall–Kier alpha value is -1.09. The van der Waals surface area contributed by atoms with Crippen LogP contribution in [0.3, 0.4) is 0 Å². The van der Waals surface area contributed by atoms with Gasteiger partial charge in [-0.25, -0.2) is 0 Å². The maximum atomic E-state index is 11.5. The van der Waals surface area contributed by atoms with Crippen molar-refractivity contribution in [3.8, 4) is 0 Å². The number of benzene rings is 1. The van der Waals surface area contributed by atoms with Crippen molar-refractivity contribution in [1.29, 1.82) is 0 Å². The molecule has 0 unspecified atom stereocenters. The first kappa shape index (κ1) is 10.4. The molecular weight excluding hydrogens is 254 g/mol. The van der Waals surface area contributed by atoms with Crippen molar-refractivity contribution in [2.75, 3.05) is 0 Å². The van der Waals surface area contributed by atoms with Gasteiger partial charge in [-0.2, -0.15) is 0 Å². The Morgan fingerprint density at radius 2 is 2.20 bits per heavy atom. The summed E-state index contributed by atoms with van der Waals surface area (Å²) in [7, 11) is 0. The molecule has 2 aromatic rings. The average molecular weight is 266 g/mol. The lowest BCUT2D eigenvalue weighted by molar-refractivity contribution is 0.101. The lowest BCUT2D eigenvalue weighted by Crippen LogP contribution is -1.91. The molecule has 2 nitrogen and oxygen atoms in total. The zero-order valence-electron chi connectivity index (χ0n) is 8.75. The van der Waals surface area contributed by atoms with Crippen LogP contribution in [-0.2, 0) is 6.54 Å². The molecule has 0 spiro atoms. The molecule has 0 saturated heterocycles. The second-order valence-electron chi connectivity index (χ2n) is 3.52. The molecule has 0 fully saturated rings. The van der Waals surface area contributed by atoms with Crippen molar-refractivity contribution in [2.45, 2.75) is 20.4 Å². The molecule has 0 amide bonds. The quantitative estimate of drug-likeness (QED) is 0.761. The van der Waals surface area contributed by atoms with Gasteiger partial charge in [-0.1, -0.05) is 22.0 Å². The highest BCUT2D eigenvalue weighted by atomic mass is 79.9. The van der Waals surface area contributed by atoms with Crippen molar-refractivity contribution in [3.05, 3.63) is 34.4 Å². The lowest BCUT2D eigenvalue weighted by Gasteiger charge is -2.00. The molecule has 2 rings (SSSR count). The van der Waals surface area contributed by atoms with Gasteiger partial charge in [0.1, 0.15) is 0 Å². The molecule has 0 aliphatic carbocycles. The summed E-state index contributed by atoms with van der Waals surface area (Å²) in [4.78, 5) is 11.5. The van der Waals surface area contributed by atoms with Crippen LogP contribution in [0.1, 0.15) is 24.2 Å². The van der Waals surface area contributed by atoms with E-state index in [1.165, 1.54) is 0 Å². The second kappa shape index (κ2) is 3.81. The van der Waals surface area contributed by atoms with Gasteiger partial charge >= 0.3 is 0 Å². The predicted molar refractivity (Wildman–Crippen MR) is 65.3 cm³/mol. The van der Waals surface area contributed by atoms with E-state index in [4.69, 9.17) is 0 Å². The topological polar surface area (TPSA) is 22.0 Å². The van der Waals surface area contributed by atoms with E-state index in [1.54, 1.807) is 6.92 Å². The summed E-state index contributed by atoms with van der Waals surface area (Å²) in [5, 5.41) is 1.02. The first-order chi connectivity index (χ1) is 7.15. The molecular formula is C12H12BrNO. The molecule has 0 radical (unpaired) electrons. The zero-order chi connectivity index (χ0) is 11.0. The molecule has 1 aromatic heterocycles. The van der Waals surface area contributed by atoms with E-state index in [1.807, 2.05) is 24.4 Å². The summed E-state index contributed by atoms with van der Waals surface area (Å²) in [5.74, 6) is 0.110. The lowest BCUT2D eigenvalue weighted by atomic mass is 10.1. The van der Waals surface area contributed by atoms with Gasteiger partial charge in [-0.05, 0) is 26.0 Å². The summed E-state index contributed by atoms with van der Waals surface area (Å²) >= 11 is 3.49. The maximum absolute atomic E-state index is 11.5. The number of halogens is 1. The van der Waals surface area contributed by atoms with Crippen LogP contribution in [0.4, 0.5) is 0 Å². The number of hydrogen-bond donors (Lipinski definition) is 0. The fourth-order valence-electron chi connectivity index (χ4n) is 1.84. The average Bonchev–Trinajstić information content (AvgIpc) is 2.58. The van der Waals surface area contributed by atoms with Gasteiger partial charge in [0.2, 0.25) is 0 Å². The minimum absolute atomic E-state index is 0.110. The van der Waals surface area contributed by atoms with Crippen LogP contribution >= 0.6 is 15.9 Å². The van der Waals surface area contributed by atoms with Crippen molar-refractivity contribution in [2.24, 2.45) is 0 Å². The van der Waals surface area contributed by atoms with E-state index in [2.05, 4.69) is 27.4 Å². The van der Waals surface area contributed by atoms with E-state index in [9.17, 15) is 4.79 Å². The third kappa shape index (κ3) is 1.61. The number of hydrogen-bond acceptors (Lipinski definition) is 1. The van der Waals surface area contributed by atoms with Gasteiger partial charge in [0.05, 0.1) is 0 Å². The highest BCUT2D eigenvalue weighted by molar-refractivity contribution is 9.10. The summed E-state index contributed by atoms with van der Waals surface area (Å²) in [6, 6.07) is 5.99. The van der Waals surface area contributed by atoms with E-state index in [-0.39, 0.29) is 5.78 Å². The van der Waals surface area contributed by atoms with Crippen LogP contribution in [0.5, 0.6) is 0 Å². The van der Waals surface area contributed by atoms with Crippen LogP contribution < -0.4 is 0 Å². The minimum Gasteiger partial charge on any atom is -0.347 e. The number of ketones is 1. The Morgan fingerprint density at radius 3 is 2.80 bits per heavy atom. The molecule has 0 aliphatic rings. The molecule has 0 N–H and O–H groups in total. The third-order valence-corrected chi connectivity index (χ3v) is 3.24. The number of aryl methyl sites for hydroxylation is 1. The molecule has 3 heteroatoms. The molecule has 78 valence electrons. The number of fused-ring (bicyclic) bond motifs is 1. The number of carbonyl (C=O) groups is 1. The summed E-state index contributed by atoms with van der Waals surface area (Å²) < 4.78 is 3.08. The van der Waals surface area contributed by atoms with Crippen LogP contribution in [0.15, 0.2) is 28.9 Å². The molecule has 1 heterocycles. The molecule has 15 heavy (non-hydrogen) atoms. The Labute approximate surface area is 97.0 Å². The number of aromatic nitrogens is 1. The standard InChI is InChI=1S/C12H12BrNO/c1-3-14-7-9(8(2)15)12-10(13)5-4-6-11(12)14/h4-7H,3H2,1-2H3. The molecule has 0 aliphatic heterocycles. The van der Waals surface area contributed by atoms with Crippen molar-refractivity contribution in [1.82, 2.24) is 4.57 Å². The monoisotopic (exact) mass is 265 g/mol. The number of nitrogens with zero attached hydrogens (tertiary/aromatic N) is 1. The van der Waals surface area contributed by atoms with Crippen LogP contribution in [0, 0.1) is 0 Å². The summed E-state index contributed by atoms with van der Waals surface area (Å²) in [6.07, 6.45) is 1.93. The van der Waals surface area contributed by atoms with Crippen LogP contribution in [0.25, 0.3) is 10.9 Å². The molecule has 0 atom stereocenters. The maximum Gasteiger partial charge on any atom is 0.161 e. The van der Waals surface area contributed by atoms with Gasteiger partial charge in [0, 0.05) is 33.7 Å². The van der Waals surface area contributed by atoms with Crippen molar-refractivity contribution in [3.63, 3.8) is 0 Å². The molecule has 1 aromatic carbocycles. The summed E-state index contributed by atoms with van der Waals surface area (Å²) in [6.45, 7) is 4.55. The predicted octanol–water partition coefficient (Wildman–Crippen LogP) is 3.63. The summed E-state index contributed by atoms with van der Waals surface area (Å²) in [5.41, 5.74) is 1.90. The Bertz CT molecular complexity index is 528. The first-order valence-corrected chi connectivity index (χ1v) is 5.72.